The zero-order valence-electron chi connectivity index (χ0n) is 9.03. The van der Waals surface area contributed by atoms with Crippen LogP contribution in [-0.4, -0.2) is 26.3 Å². The number of hydrogen-bond acceptors (Lipinski definition) is 4. The highest BCUT2D eigenvalue weighted by atomic mass is 79.9. The maximum absolute atomic E-state index is 11.5. The Morgan fingerprint density at radius 2 is 2.19 bits per heavy atom. The Morgan fingerprint density at radius 3 is 2.81 bits per heavy atom. The summed E-state index contributed by atoms with van der Waals surface area (Å²) in [6.45, 7) is 0.938. The molecule has 5 heteroatoms. The van der Waals surface area contributed by atoms with Gasteiger partial charge in [-0.25, -0.2) is 4.79 Å². The number of carbonyl (C=O) groups is 1. The fourth-order valence-corrected chi connectivity index (χ4v) is 1.48. The van der Waals surface area contributed by atoms with E-state index in [0.717, 1.165) is 0 Å². The lowest BCUT2D eigenvalue weighted by Gasteiger charge is -2.05. The van der Waals surface area contributed by atoms with E-state index in [-0.39, 0.29) is 5.97 Å². The molecule has 0 aliphatic heterocycles. The van der Waals surface area contributed by atoms with Gasteiger partial charge in [0.05, 0.1) is 12.2 Å². The Morgan fingerprint density at radius 1 is 1.44 bits per heavy atom. The van der Waals surface area contributed by atoms with Gasteiger partial charge < -0.3 is 15.2 Å². The van der Waals surface area contributed by atoms with Gasteiger partial charge in [0.25, 0.3) is 0 Å². The number of carbonyl (C=O) groups excluding carboxylic acids is 1. The third kappa shape index (κ3) is 3.83. The van der Waals surface area contributed by atoms with Crippen LogP contribution in [0.15, 0.2) is 22.7 Å². The number of methoxy groups -OCH3 is 1. The molecular weight excluding hydrogens is 274 g/mol. The minimum absolute atomic E-state index is 0.350. The van der Waals surface area contributed by atoms with Crippen molar-refractivity contribution in [3.05, 3.63) is 28.2 Å². The summed E-state index contributed by atoms with van der Waals surface area (Å²) in [7, 11) is 1.61. The lowest BCUT2D eigenvalue weighted by atomic mass is 10.2. The van der Waals surface area contributed by atoms with Gasteiger partial charge in [-0.15, -0.1) is 0 Å². The predicted octanol–water partition coefficient (Wildman–Crippen LogP) is 2.22. The number of rotatable bonds is 5. The Kier molecular flexibility index (Phi) is 5.28. The second-order valence-corrected chi connectivity index (χ2v) is 4.07. The van der Waals surface area contributed by atoms with E-state index in [1.54, 1.807) is 25.3 Å². The molecule has 0 aromatic heterocycles. The molecule has 0 spiro atoms. The third-order valence-electron chi connectivity index (χ3n) is 1.96. The molecule has 4 nitrogen and oxygen atoms in total. The van der Waals surface area contributed by atoms with Gasteiger partial charge in [0.2, 0.25) is 0 Å². The number of halogens is 1. The van der Waals surface area contributed by atoms with E-state index >= 15 is 0 Å². The van der Waals surface area contributed by atoms with Crippen molar-refractivity contribution < 1.29 is 14.3 Å². The average Bonchev–Trinajstić information content (AvgIpc) is 2.28. The minimum atomic E-state index is -0.350. The molecule has 88 valence electrons. The third-order valence-corrected chi connectivity index (χ3v) is 2.65. The summed E-state index contributed by atoms with van der Waals surface area (Å²) >= 11 is 3.25. The molecule has 1 aromatic carbocycles. The largest absolute Gasteiger partial charge is 0.462 e. The van der Waals surface area contributed by atoms with Gasteiger partial charge in [-0.3, -0.25) is 0 Å². The van der Waals surface area contributed by atoms with E-state index in [1.165, 1.54) is 0 Å². The summed E-state index contributed by atoms with van der Waals surface area (Å²) in [5, 5.41) is 0. The summed E-state index contributed by atoms with van der Waals surface area (Å²) in [5.41, 5.74) is 6.69. The topological polar surface area (TPSA) is 61.5 Å². The van der Waals surface area contributed by atoms with Crippen LogP contribution in [0.3, 0.4) is 0 Å². The summed E-state index contributed by atoms with van der Waals surface area (Å²) < 4.78 is 10.6. The summed E-state index contributed by atoms with van der Waals surface area (Å²) in [4.78, 5) is 11.5. The highest BCUT2D eigenvalue weighted by molar-refractivity contribution is 9.10. The SMILES string of the molecule is COCCCOC(=O)c1ccc(N)c(Br)c1. The minimum Gasteiger partial charge on any atom is -0.462 e. The number of benzene rings is 1. The number of nitrogen functional groups attached to an aromatic ring is 1. The number of anilines is 1. The first-order valence-corrected chi connectivity index (χ1v) is 5.65. The molecule has 2 N–H and O–H groups in total. The highest BCUT2D eigenvalue weighted by Gasteiger charge is 2.08. The van der Waals surface area contributed by atoms with Crippen LogP contribution < -0.4 is 5.73 Å². The molecule has 0 heterocycles. The van der Waals surface area contributed by atoms with Crippen LogP contribution in [0.1, 0.15) is 16.8 Å². The summed E-state index contributed by atoms with van der Waals surface area (Å²) in [6.07, 6.45) is 0.693. The van der Waals surface area contributed by atoms with E-state index in [1.807, 2.05) is 0 Å². The van der Waals surface area contributed by atoms with E-state index < -0.39 is 0 Å². The van der Waals surface area contributed by atoms with Crippen molar-refractivity contribution >= 4 is 27.6 Å². The second-order valence-electron chi connectivity index (χ2n) is 3.22. The van der Waals surface area contributed by atoms with Crippen LogP contribution >= 0.6 is 15.9 Å². The smallest absolute Gasteiger partial charge is 0.338 e. The summed E-state index contributed by atoms with van der Waals surface area (Å²) in [6, 6.07) is 4.95. The predicted molar refractivity (Wildman–Crippen MR) is 65.3 cm³/mol. The fourth-order valence-electron chi connectivity index (χ4n) is 1.11. The van der Waals surface area contributed by atoms with Gasteiger partial charge in [0.1, 0.15) is 0 Å². The van der Waals surface area contributed by atoms with Crippen molar-refractivity contribution in [3.8, 4) is 0 Å². The first kappa shape index (κ1) is 13.0. The van der Waals surface area contributed by atoms with Crippen molar-refractivity contribution in [2.45, 2.75) is 6.42 Å². The fraction of sp³-hybridized carbons (Fsp3) is 0.364. The number of ether oxygens (including phenoxy) is 2. The molecule has 0 atom stereocenters. The van der Waals surface area contributed by atoms with Gasteiger partial charge in [-0.2, -0.15) is 0 Å². The number of hydrogen-bond donors (Lipinski definition) is 1. The molecule has 0 saturated carbocycles. The van der Waals surface area contributed by atoms with Crippen LogP contribution in [0.4, 0.5) is 5.69 Å². The molecule has 0 amide bonds. The molecule has 16 heavy (non-hydrogen) atoms. The summed E-state index contributed by atoms with van der Waals surface area (Å²) in [5.74, 6) is -0.350. The zero-order valence-corrected chi connectivity index (χ0v) is 10.6. The van der Waals surface area contributed by atoms with E-state index in [4.69, 9.17) is 15.2 Å². The van der Waals surface area contributed by atoms with Crippen molar-refractivity contribution in [3.63, 3.8) is 0 Å². The Hall–Kier alpha value is -1.07. The van der Waals surface area contributed by atoms with Crippen LogP contribution in [0.25, 0.3) is 0 Å². The first-order valence-electron chi connectivity index (χ1n) is 4.86. The monoisotopic (exact) mass is 287 g/mol. The lowest BCUT2D eigenvalue weighted by Crippen LogP contribution is -2.08. The van der Waals surface area contributed by atoms with Crippen molar-refractivity contribution in [2.75, 3.05) is 26.1 Å². The van der Waals surface area contributed by atoms with Gasteiger partial charge in [-0.05, 0) is 34.1 Å². The first-order chi connectivity index (χ1) is 7.65. The standard InChI is InChI=1S/C11H14BrNO3/c1-15-5-2-6-16-11(14)8-3-4-10(13)9(12)7-8/h3-4,7H,2,5-6,13H2,1H3. The molecule has 1 rings (SSSR count). The zero-order chi connectivity index (χ0) is 12.0. The van der Waals surface area contributed by atoms with Gasteiger partial charge >= 0.3 is 5.97 Å². The van der Waals surface area contributed by atoms with Gasteiger partial charge in [0, 0.05) is 30.3 Å². The van der Waals surface area contributed by atoms with E-state index in [0.29, 0.717) is 35.4 Å². The van der Waals surface area contributed by atoms with Gasteiger partial charge in [-0.1, -0.05) is 0 Å². The van der Waals surface area contributed by atoms with Crippen molar-refractivity contribution in [2.24, 2.45) is 0 Å². The number of nitrogens with two attached hydrogens (primary N) is 1. The normalized spacial score (nSPS) is 10.1. The van der Waals surface area contributed by atoms with Crippen molar-refractivity contribution in [1.29, 1.82) is 0 Å². The highest BCUT2D eigenvalue weighted by Crippen LogP contribution is 2.20. The van der Waals surface area contributed by atoms with Crippen LogP contribution in [0, 0.1) is 0 Å². The van der Waals surface area contributed by atoms with Crippen molar-refractivity contribution in [1.82, 2.24) is 0 Å². The molecule has 0 aliphatic carbocycles. The molecule has 0 bridgehead atoms. The quantitative estimate of drug-likeness (QED) is 0.512. The molecule has 0 radical (unpaired) electrons. The Bertz CT molecular complexity index is 368. The Labute approximate surface area is 103 Å². The second kappa shape index (κ2) is 6.50. The molecule has 0 fully saturated rings. The van der Waals surface area contributed by atoms with Crippen LogP contribution in [0.5, 0.6) is 0 Å². The van der Waals surface area contributed by atoms with Gasteiger partial charge in [0.15, 0.2) is 0 Å². The lowest BCUT2D eigenvalue weighted by molar-refractivity contribution is 0.0468. The molecular formula is C11H14BrNO3. The van der Waals surface area contributed by atoms with Crippen LogP contribution in [0.2, 0.25) is 0 Å². The molecule has 1 aromatic rings. The molecule has 0 saturated heterocycles. The maximum atomic E-state index is 11.5. The molecule has 0 unspecified atom stereocenters. The van der Waals surface area contributed by atoms with E-state index in [9.17, 15) is 4.79 Å². The maximum Gasteiger partial charge on any atom is 0.338 e. The molecule has 0 aliphatic rings. The number of esters is 1. The Balaban J connectivity index is 2.50. The average molecular weight is 288 g/mol. The van der Waals surface area contributed by atoms with E-state index in [2.05, 4.69) is 15.9 Å². The van der Waals surface area contributed by atoms with Crippen LogP contribution in [-0.2, 0) is 9.47 Å².